The Morgan fingerprint density at radius 3 is 2.21 bits per heavy atom. The molecule has 0 spiro atoms. The molecule has 2 aromatic heterocycles. The number of rotatable bonds is 8. The van der Waals surface area contributed by atoms with Crippen molar-refractivity contribution in [2.75, 3.05) is 0 Å². The molecule has 2 atom stereocenters. The Morgan fingerprint density at radius 2 is 1.52 bits per heavy atom. The lowest BCUT2D eigenvalue weighted by Gasteiger charge is -2.47. The maximum Gasteiger partial charge on any atom is 0.294 e. The monoisotopic (exact) mass is 641 g/mol. The third-order valence-electron chi connectivity index (χ3n) is 13.7. The van der Waals surface area contributed by atoms with Gasteiger partial charge in [-0.05, 0) is 98.9 Å². The van der Waals surface area contributed by atoms with Crippen molar-refractivity contribution in [1.82, 2.24) is 4.57 Å². The molecule has 5 aromatic rings. The predicted octanol–water partition coefficient (Wildman–Crippen LogP) is 12.6. The van der Waals surface area contributed by atoms with E-state index < -0.39 is 0 Å². The molecule has 1 aliphatic heterocycles. The van der Waals surface area contributed by atoms with Gasteiger partial charge in [0, 0.05) is 21.8 Å². The SMILES string of the molecule is CCCCc1ccc2c(c1)oc1c(-n3cc[n+]4c3-c3ccccc3C(C)(CC)C4(C)CC)c(C3CCCCC3)cc(C3CCCCC3)c12. The number of fused-ring (bicyclic) bond motifs is 6. The van der Waals surface area contributed by atoms with Gasteiger partial charge in [-0.2, -0.15) is 4.57 Å². The second kappa shape index (κ2) is 12.5. The van der Waals surface area contributed by atoms with Crippen molar-refractivity contribution < 1.29 is 8.98 Å². The summed E-state index contributed by atoms with van der Waals surface area (Å²) in [5.41, 5.74) is 10.8. The number of aryl methyl sites for hydroxylation is 1. The summed E-state index contributed by atoms with van der Waals surface area (Å²) < 4.78 is 12.5. The van der Waals surface area contributed by atoms with E-state index in [0.717, 1.165) is 30.4 Å². The second-order valence-corrected chi connectivity index (χ2v) is 16.0. The van der Waals surface area contributed by atoms with Gasteiger partial charge in [-0.1, -0.05) is 109 Å². The molecule has 2 saturated carbocycles. The summed E-state index contributed by atoms with van der Waals surface area (Å²) in [4.78, 5) is 0. The summed E-state index contributed by atoms with van der Waals surface area (Å²) in [7, 11) is 0. The third kappa shape index (κ3) is 4.77. The molecular weight excluding hydrogens is 585 g/mol. The second-order valence-electron chi connectivity index (χ2n) is 16.0. The molecule has 0 radical (unpaired) electrons. The average molecular weight is 642 g/mol. The molecule has 48 heavy (non-hydrogen) atoms. The Labute approximate surface area is 288 Å². The highest BCUT2D eigenvalue weighted by molar-refractivity contribution is 6.10. The quantitative estimate of drug-likeness (QED) is 0.155. The lowest BCUT2D eigenvalue weighted by molar-refractivity contribution is -0.764. The highest BCUT2D eigenvalue weighted by Crippen LogP contribution is 2.52. The van der Waals surface area contributed by atoms with E-state index in [0.29, 0.717) is 11.8 Å². The molecule has 3 aliphatic rings. The van der Waals surface area contributed by atoms with E-state index in [4.69, 9.17) is 4.42 Å². The number of unbranched alkanes of at least 4 members (excludes halogenated alkanes) is 1. The van der Waals surface area contributed by atoms with E-state index in [-0.39, 0.29) is 11.0 Å². The number of imidazole rings is 1. The Kier molecular flexibility index (Phi) is 8.33. The van der Waals surface area contributed by atoms with Gasteiger partial charge in [0.15, 0.2) is 11.3 Å². The molecule has 3 nitrogen and oxygen atoms in total. The fraction of sp³-hybridized carbons (Fsp3) is 0.533. The molecule has 2 fully saturated rings. The molecule has 3 aromatic carbocycles. The normalized spacial score (nSPS) is 23.5. The number of aromatic nitrogens is 2. The van der Waals surface area contributed by atoms with Crippen LogP contribution in [0.4, 0.5) is 0 Å². The first kappa shape index (κ1) is 31.9. The van der Waals surface area contributed by atoms with Gasteiger partial charge in [0.1, 0.15) is 23.5 Å². The summed E-state index contributed by atoms with van der Waals surface area (Å²) in [5, 5.41) is 2.70. The van der Waals surface area contributed by atoms with Crippen LogP contribution >= 0.6 is 0 Å². The Morgan fingerprint density at radius 1 is 0.812 bits per heavy atom. The van der Waals surface area contributed by atoms with Gasteiger partial charge >= 0.3 is 0 Å². The molecule has 0 amide bonds. The van der Waals surface area contributed by atoms with Crippen LogP contribution in [0.2, 0.25) is 0 Å². The predicted molar refractivity (Wildman–Crippen MR) is 201 cm³/mol. The summed E-state index contributed by atoms with van der Waals surface area (Å²) in [6.07, 6.45) is 23.7. The van der Waals surface area contributed by atoms with Crippen LogP contribution in [0.3, 0.4) is 0 Å². The molecular formula is C45H57N2O+. The summed E-state index contributed by atoms with van der Waals surface area (Å²) in [5.74, 6) is 2.49. The maximum absolute atomic E-state index is 7.28. The first-order chi connectivity index (χ1) is 23.4. The van der Waals surface area contributed by atoms with Crippen LogP contribution in [0.5, 0.6) is 0 Å². The van der Waals surface area contributed by atoms with E-state index in [1.165, 1.54) is 122 Å². The number of hydrogen-bond acceptors (Lipinski definition) is 1. The van der Waals surface area contributed by atoms with Crippen LogP contribution < -0.4 is 4.57 Å². The first-order valence-corrected chi connectivity index (χ1v) is 19.7. The number of furan rings is 1. The van der Waals surface area contributed by atoms with Crippen molar-refractivity contribution in [3.05, 3.63) is 83.2 Å². The Bertz CT molecular complexity index is 1950. The lowest BCUT2D eigenvalue weighted by atomic mass is 9.61. The fourth-order valence-electron chi connectivity index (χ4n) is 10.4. The zero-order valence-electron chi connectivity index (χ0n) is 30.3. The smallest absolute Gasteiger partial charge is 0.294 e. The summed E-state index contributed by atoms with van der Waals surface area (Å²) in [6.45, 7) is 12.1. The van der Waals surface area contributed by atoms with Gasteiger partial charge in [0.2, 0.25) is 0 Å². The number of hydrogen-bond donors (Lipinski definition) is 0. The van der Waals surface area contributed by atoms with E-state index >= 15 is 0 Å². The molecule has 3 heterocycles. The van der Waals surface area contributed by atoms with Crippen molar-refractivity contribution in [1.29, 1.82) is 0 Å². The van der Waals surface area contributed by atoms with Gasteiger partial charge in [-0.25, -0.2) is 4.57 Å². The molecule has 3 heteroatoms. The molecule has 252 valence electrons. The molecule has 0 bridgehead atoms. The van der Waals surface area contributed by atoms with Gasteiger partial charge < -0.3 is 4.42 Å². The number of benzene rings is 3. The third-order valence-corrected chi connectivity index (χ3v) is 13.7. The topological polar surface area (TPSA) is 21.9 Å². The zero-order valence-corrected chi connectivity index (χ0v) is 30.3. The highest BCUT2D eigenvalue weighted by Gasteiger charge is 2.55. The van der Waals surface area contributed by atoms with Crippen LogP contribution in [-0.2, 0) is 17.4 Å². The van der Waals surface area contributed by atoms with Crippen LogP contribution in [0.1, 0.15) is 159 Å². The maximum atomic E-state index is 7.28. The van der Waals surface area contributed by atoms with Crippen LogP contribution in [0.25, 0.3) is 39.0 Å². The summed E-state index contributed by atoms with van der Waals surface area (Å²) >= 11 is 0. The van der Waals surface area contributed by atoms with E-state index in [9.17, 15) is 0 Å². The van der Waals surface area contributed by atoms with Gasteiger partial charge in [-0.15, -0.1) is 0 Å². The molecule has 0 saturated heterocycles. The van der Waals surface area contributed by atoms with Crippen LogP contribution in [0, 0.1) is 0 Å². The lowest BCUT2D eigenvalue weighted by Crippen LogP contribution is -2.67. The van der Waals surface area contributed by atoms with E-state index in [1.54, 1.807) is 5.56 Å². The summed E-state index contributed by atoms with van der Waals surface area (Å²) in [6, 6.07) is 19.2. The van der Waals surface area contributed by atoms with Gasteiger partial charge in [0.25, 0.3) is 5.82 Å². The molecule has 8 rings (SSSR count). The minimum absolute atomic E-state index is 0.0306. The minimum Gasteiger partial charge on any atom is -0.452 e. The number of nitrogens with zero attached hydrogens (tertiary/aromatic N) is 2. The standard InChI is InChI=1S/C45H57N2O/c1-6-9-18-31-25-26-35-39(29-31)48-42-40(35)36(32-19-12-10-13-20-32)30-37(33-21-14-11-15-22-33)41(42)46-27-28-47-43(46)34-23-16-17-24-38(34)44(4,7-2)45(47,5)8-3/h16-17,23-30,32-33H,6-15,18-22H2,1-5H3/q+1. The fourth-order valence-corrected chi connectivity index (χ4v) is 10.4. The van der Waals surface area contributed by atoms with Crippen molar-refractivity contribution >= 4 is 21.9 Å². The van der Waals surface area contributed by atoms with Gasteiger partial charge in [0.05, 0.1) is 5.56 Å². The van der Waals surface area contributed by atoms with Gasteiger partial charge in [-0.3, -0.25) is 0 Å². The van der Waals surface area contributed by atoms with E-state index in [2.05, 4.69) is 105 Å². The Balaban J connectivity index is 1.47. The van der Waals surface area contributed by atoms with Crippen molar-refractivity contribution in [2.45, 2.75) is 154 Å². The first-order valence-electron chi connectivity index (χ1n) is 19.7. The average Bonchev–Trinajstić information content (AvgIpc) is 3.75. The molecule has 2 aliphatic carbocycles. The van der Waals surface area contributed by atoms with E-state index in [1.807, 2.05) is 0 Å². The Hall–Kier alpha value is -3.33. The van der Waals surface area contributed by atoms with Crippen LogP contribution in [-0.4, -0.2) is 4.57 Å². The van der Waals surface area contributed by atoms with Crippen molar-refractivity contribution in [2.24, 2.45) is 0 Å². The molecule has 0 N–H and O–H groups in total. The van der Waals surface area contributed by atoms with Crippen LogP contribution in [0.15, 0.2) is 65.3 Å². The molecule has 2 unspecified atom stereocenters. The zero-order chi connectivity index (χ0) is 33.0. The van der Waals surface area contributed by atoms with Crippen molar-refractivity contribution in [3.8, 4) is 17.1 Å². The largest absolute Gasteiger partial charge is 0.452 e. The minimum atomic E-state index is -0.0507. The highest BCUT2D eigenvalue weighted by atomic mass is 16.3. The van der Waals surface area contributed by atoms with Crippen molar-refractivity contribution in [3.63, 3.8) is 0 Å².